The van der Waals surface area contributed by atoms with E-state index in [-0.39, 0.29) is 11.2 Å². The second-order valence-electron chi connectivity index (χ2n) is 9.33. The van der Waals surface area contributed by atoms with E-state index in [9.17, 15) is 4.79 Å². The average Bonchev–Trinajstić information content (AvgIpc) is 3.54. The van der Waals surface area contributed by atoms with Crippen molar-refractivity contribution in [1.29, 1.82) is 0 Å². The molecule has 0 radical (unpaired) electrons. The number of hydrogen-bond donors (Lipinski definition) is 1. The molecule has 6 rings (SSSR count). The summed E-state index contributed by atoms with van der Waals surface area (Å²) in [6.07, 6.45) is 5.94. The number of para-hydroxylation sites is 1. The first-order valence-corrected chi connectivity index (χ1v) is 13.2. The molecule has 0 unspecified atom stereocenters. The van der Waals surface area contributed by atoms with Gasteiger partial charge in [-0.2, -0.15) is 0 Å². The van der Waals surface area contributed by atoms with Crippen molar-refractivity contribution in [3.05, 3.63) is 36.4 Å². The standard InChI is InChI=1S/C26H29N5O3S/c1-16(35-26-29-28-25(31(26)17-10-11-17)30-12-6-3-7-13-30)24(32)27-20-15-22-19(14-23(20)33-2)18-8-4-5-9-21(18)34-22/h4-5,8-9,14-17H,3,6-7,10-13H2,1-2H3,(H,27,32)/t16-/m0/s1. The minimum atomic E-state index is -0.359. The third-order valence-electron chi connectivity index (χ3n) is 6.81. The number of fused-ring (bicyclic) bond motifs is 3. The van der Waals surface area contributed by atoms with E-state index < -0.39 is 0 Å². The second-order valence-corrected chi connectivity index (χ2v) is 10.6. The summed E-state index contributed by atoms with van der Waals surface area (Å²) in [7, 11) is 1.61. The van der Waals surface area contributed by atoms with Crippen LogP contribution in [0.5, 0.6) is 5.75 Å². The molecule has 1 aliphatic heterocycles. The Kier molecular flexibility index (Phi) is 5.80. The van der Waals surface area contributed by atoms with Crippen molar-refractivity contribution in [2.75, 3.05) is 30.4 Å². The van der Waals surface area contributed by atoms with Gasteiger partial charge in [0, 0.05) is 36.0 Å². The SMILES string of the molecule is COc1cc2c(cc1NC(=O)[C@H](C)Sc1nnc(N3CCCCC3)n1C1CC1)oc1ccccc12. The lowest BCUT2D eigenvalue weighted by atomic mass is 10.1. The highest BCUT2D eigenvalue weighted by atomic mass is 32.2. The summed E-state index contributed by atoms with van der Waals surface area (Å²) >= 11 is 1.46. The molecule has 2 aliphatic rings. The summed E-state index contributed by atoms with van der Waals surface area (Å²) in [5.41, 5.74) is 2.11. The number of methoxy groups -OCH3 is 1. The molecule has 1 saturated carbocycles. The van der Waals surface area contributed by atoms with Crippen molar-refractivity contribution in [2.45, 2.75) is 55.5 Å². The van der Waals surface area contributed by atoms with Crippen molar-refractivity contribution in [2.24, 2.45) is 0 Å². The maximum Gasteiger partial charge on any atom is 0.237 e. The summed E-state index contributed by atoms with van der Waals surface area (Å²) in [5.74, 6) is 1.44. The van der Waals surface area contributed by atoms with Gasteiger partial charge in [-0.3, -0.25) is 9.36 Å². The number of carbonyl (C=O) groups excluding carboxylic acids is 1. The number of anilines is 2. The Morgan fingerprint density at radius 2 is 1.91 bits per heavy atom. The molecule has 1 N–H and O–H groups in total. The first kappa shape index (κ1) is 22.3. The Morgan fingerprint density at radius 3 is 2.69 bits per heavy atom. The number of amides is 1. The molecule has 2 fully saturated rings. The third kappa shape index (κ3) is 4.22. The van der Waals surface area contributed by atoms with Gasteiger partial charge in [-0.05, 0) is 51.2 Å². The lowest BCUT2D eigenvalue weighted by Gasteiger charge is -2.28. The molecule has 182 valence electrons. The molecule has 0 spiro atoms. The van der Waals surface area contributed by atoms with Crippen LogP contribution in [0.2, 0.25) is 0 Å². The first-order valence-electron chi connectivity index (χ1n) is 12.3. The maximum absolute atomic E-state index is 13.2. The van der Waals surface area contributed by atoms with E-state index >= 15 is 0 Å². The van der Waals surface area contributed by atoms with Crippen LogP contribution in [0.25, 0.3) is 21.9 Å². The minimum Gasteiger partial charge on any atom is -0.495 e. The number of aromatic nitrogens is 3. The fourth-order valence-corrected chi connectivity index (χ4v) is 5.69. The van der Waals surface area contributed by atoms with E-state index in [2.05, 4.69) is 25.0 Å². The van der Waals surface area contributed by atoms with Gasteiger partial charge < -0.3 is 19.4 Å². The van der Waals surface area contributed by atoms with E-state index in [1.807, 2.05) is 43.3 Å². The van der Waals surface area contributed by atoms with Crippen molar-refractivity contribution in [1.82, 2.24) is 14.8 Å². The number of hydrogen-bond acceptors (Lipinski definition) is 7. The van der Waals surface area contributed by atoms with Gasteiger partial charge in [0.1, 0.15) is 16.9 Å². The quantitative estimate of drug-likeness (QED) is 0.335. The van der Waals surface area contributed by atoms with E-state index in [4.69, 9.17) is 9.15 Å². The van der Waals surface area contributed by atoms with Crippen LogP contribution in [-0.2, 0) is 4.79 Å². The van der Waals surface area contributed by atoms with Gasteiger partial charge in [-0.1, -0.05) is 30.0 Å². The number of nitrogens with one attached hydrogen (secondary N) is 1. The van der Waals surface area contributed by atoms with Crippen LogP contribution in [0.3, 0.4) is 0 Å². The number of carbonyl (C=O) groups is 1. The van der Waals surface area contributed by atoms with Gasteiger partial charge in [0.05, 0.1) is 18.0 Å². The summed E-state index contributed by atoms with van der Waals surface area (Å²) in [6, 6.07) is 12.1. The molecule has 35 heavy (non-hydrogen) atoms. The largest absolute Gasteiger partial charge is 0.495 e. The van der Waals surface area contributed by atoms with Crippen LogP contribution in [0.15, 0.2) is 46.0 Å². The van der Waals surface area contributed by atoms with Crippen molar-refractivity contribution in [3.8, 4) is 5.75 Å². The van der Waals surface area contributed by atoms with E-state index in [0.717, 1.165) is 53.4 Å². The number of furan rings is 1. The molecule has 3 heterocycles. The van der Waals surface area contributed by atoms with E-state index in [1.165, 1.54) is 31.0 Å². The molecule has 1 saturated heterocycles. The lowest BCUT2D eigenvalue weighted by molar-refractivity contribution is -0.115. The van der Waals surface area contributed by atoms with Gasteiger partial charge in [0.25, 0.3) is 0 Å². The number of piperidine rings is 1. The molecule has 1 atom stereocenters. The third-order valence-corrected chi connectivity index (χ3v) is 7.86. The Labute approximate surface area is 208 Å². The minimum absolute atomic E-state index is 0.117. The topological polar surface area (TPSA) is 85.4 Å². The zero-order valence-electron chi connectivity index (χ0n) is 20.0. The number of thioether (sulfide) groups is 1. The smallest absolute Gasteiger partial charge is 0.237 e. The molecule has 2 aromatic heterocycles. The van der Waals surface area contributed by atoms with E-state index in [1.54, 1.807) is 7.11 Å². The second kappa shape index (κ2) is 9.11. The molecule has 4 aromatic rings. The predicted octanol–water partition coefficient (Wildman–Crippen LogP) is 5.63. The van der Waals surface area contributed by atoms with E-state index in [0.29, 0.717) is 23.1 Å². The first-order chi connectivity index (χ1) is 17.1. The Balaban J connectivity index is 1.23. The highest BCUT2D eigenvalue weighted by Crippen LogP contribution is 2.42. The molecule has 0 bridgehead atoms. The Morgan fingerprint density at radius 1 is 1.11 bits per heavy atom. The fourth-order valence-electron chi connectivity index (χ4n) is 4.78. The molecule has 2 aromatic carbocycles. The molecular formula is C26H29N5O3S. The summed E-state index contributed by atoms with van der Waals surface area (Å²) < 4.78 is 13.9. The zero-order chi connectivity index (χ0) is 23.9. The Hall–Kier alpha value is -3.20. The summed E-state index contributed by atoms with van der Waals surface area (Å²) in [4.78, 5) is 15.6. The maximum atomic E-state index is 13.2. The van der Waals surface area contributed by atoms with Gasteiger partial charge in [0.15, 0.2) is 5.16 Å². The van der Waals surface area contributed by atoms with Gasteiger partial charge in [-0.25, -0.2) is 0 Å². The van der Waals surface area contributed by atoms with Crippen LogP contribution < -0.4 is 15.0 Å². The number of benzene rings is 2. The predicted molar refractivity (Wildman–Crippen MR) is 139 cm³/mol. The molecule has 1 aliphatic carbocycles. The van der Waals surface area contributed by atoms with Crippen molar-refractivity contribution < 1.29 is 13.9 Å². The number of rotatable bonds is 7. The number of ether oxygens (including phenoxy) is 1. The van der Waals surface area contributed by atoms with Crippen LogP contribution >= 0.6 is 11.8 Å². The highest BCUT2D eigenvalue weighted by molar-refractivity contribution is 8.00. The van der Waals surface area contributed by atoms with Crippen LogP contribution in [-0.4, -0.2) is 46.1 Å². The molecule has 8 nitrogen and oxygen atoms in total. The van der Waals surface area contributed by atoms with Crippen molar-refractivity contribution in [3.63, 3.8) is 0 Å². The highest BCUT2D eigenvalue weighted by Gasteiger charge is 2.33. The zero-order valence-corrected chi connectivity index (χ0v) is 20.8. The van der Waals surface area contributed by atoms with Crippen LogP contribution in [0, 0.1) is 0 Å². The van der Waals surface area contributed by atoms with Gasteiger partial charge in [0.2, 0.25) is 11.9 Å². The van der Waals surface area contributed by atoms with Crippen LogP contribution in [0.4, 0.5) is 11.6 Å². The summed E-state index contributed by atoms with van der Waals surface area (Å²) in [6.45, 7) is 3.95. The lowest BCUT2D eigenvalue weighted by Crippen LogP contribution is -2.32. The van der Waals surface area contributed by atoms with Gasteiger partial charge >= 0.3 is 0 Å². The number of nitrogens with zero attached hydrogens (tertiary/aromatic N) is 4. The van der Waals surface area contributed by atoms with Crippen molar-refractivity contribution >= 4 is 51.2 Å². The Bertz CT molecular complexity index is 1390. The van der Waals surface area contributed by atoms with Crippen LogP contribution in [0.1, 0.15) is 45.1 Å². The molecule has 9 heteroatoms. The summed E-state index contributed by atoms with van der Waals surface area (Å²) in [5, 5.41) is 14.5. The average molecular weight is 492 g/mol. The molecule has 1 amide bonds. The van der Waals surface area contributed by atoms with Gasteiger partial charge in [-0.15, -0.1) is 10.2 Å². The normalized spacial score (nSPS) is 17.1. The monoisotopic (exact) mass is 491 g/mol. The fraction of sp³-hybridized carbons (Fsp3) is 0.423. The molecular weight excluding hydrogens is 462 g/mol.